The topological polar surface area (TPSA) is 29.5 Å². The van der Waals surface area contributed by atoms with Crippen LogP contribution in [0.2, 0.25) is 0 Å². The molecule has 1 saturated carbocycles. The number of ether oxygens (including phenoxy) is 1. The van der Waals surface area contributed by atoms with E-state index in [1.54, 1.807) is 18.0 Å². The number of halogens is 1. The maximum atomic E-state index is 14.5. The molecule has 0 bridgehead atoms. The molecule has 1 fully saturated rings. The summed E-state index contributed by atoms with van der Waals surface area (Å²) >= 11 is 0. The van der Waals surface area contributed by atoms with E-state index in [1.165, 1.54) is 13.2 Å². The second kappa shape index (κ2) is 4.22. The summed E-state index contributed by atoms with van der Waals surface area (Å²) in [5.74, 6) is 0.187. The molecule has 3 rings (SSSR count). The highest BCUT2D eigenvalue weighted by atomic mass is 19.1. The van der Waals surface area contributed by atoms with Crippen LogP contribution in [0.1, 0.15) is 37.7 Å². The van der Waals surface area contributed by atoms with Crippen LogP contribution >= 0.6 is 0 Å². The Morgan fingerprint density at radius 1 is 1.26 bits per heavy atom. The van der Waals surface area contributed by atoms with E-state index in [0.29, 0.717) is 17.0 Å². The first-order valence-corrected chi connectivity index (χ1v) is 6.76. The molecule has 4 heteroatoms. The molecule has 0 aromatic heterocycles. The lowest BCUT2D eigenvalue weighted by Gasteiger charge is -2.32. The number of hydrogen-bond acceptors (Lipinski definition) is 2. The number of methoxy groups -OCH3 is 1. The number of likely N-dealkylation sites (N-methyl/N-ethyl adjacent to an activating group) is 1. The van der Waals surface area contributed by atoms with Crippen LogP contribution in [-0.4, -0.2) is 20.1 Å². The van der Waals surface area contributed by atoms with Crippen molar-refractivity contribution in [3.63, 3.8) is 0 Å². The van der Waals surface area contributed by atoms with Crippen molar-refractivity contribution >= 4 is 11.6 Å². The first-order valence-electron chi connectivity index (χ1n) is 6.76. The van der Waals surface area contributed by atoms with E-state index in [-0.39, 0.29) is 11.7 Å². The molecule has 1 spiro atoms. The second-order valence-corrected chi connectivity index (χ2v) is 5.51. The summed E-state index contributed by atoms with van der Waals surface area (Å²) in [6.07, 6.45) is 4.62. The highest BCUT2D eigenvalue weighted by molar-refractivity contribution is 6.08. The Labute approximate surface area is 112 Å². The Hall–Kier alpha value is -1.58. The minimum atomic E-state index is -0.626. The average Bonchev–Trinajstić information content (AvgIpc) is 2.63. The van der Waals surface area contributed by atoms with E-state index in [0.717, 1.165) is 32.1 Å². The zero-order valence-electron chi connectivity index (χ0n) is 11.3. The first-order chi connectivity index (χ1) is 9.10. The predicted octanol–water partition coefficient (Wildman–Crippen LogP) is 3.01. The van der Waals surface area contributed by atoms with E-state index in [9.17, 15) is 9.18 Å². The van der Waals surface area contributed by atoms with Gasteiger partial charge in [0.25, 0.3) is 0 Å². The number of anilines is 1. The molecule has 0 saturated heterocycles. The third kappa shape index (κ3) is 1.58. The number of carbonyl (C=O) groups excluding carboxylic acids is 1. The fourth-order valence-corrected chi connectivity index (χ4v) is 3.58. The molecule has 1 amide bonds. The van der Waals surface area contributed by atoms with Crippen molar-refractivity contribution in [1.82, 2.24) is 0 Å². The van der Waals surface area contributed by atoms with Gasteiger partial charge in [0.05, 0.1) is 18.2 Å². The van der Waals surface area contributed by atoms with Crippen LogP contribution in [0, 0.1) is 5.82 Å². The standard InChI is InChI=1S/C15H18FNO2/c1-17-12-9-10(19-2)8-11(16)13(12)15(14(17)18)6-4-3-5-7-15/h8-9H,3-7H2,1-2H3. The molecular formula is C15H18FNO2. The highest BCUT2D eigenvalue weighted by Crippen LogP contribution is 2.51. The van der Waals surface area contributed by atoms with E-state index in [1.807, 2.05) is 0 Å². The summed E-state index contributed by atoms with van der Waals surface area (Å²) in [7, 11) is 3.23. The van der Waals surface area contributed by atoms with Gasteiger partial charge in [0.2, 0.25) is 5.91 Å². The van der Waals surface area contributed by atoms with Crippen LogP contribution in [0.25, 0.3) is 0 Å². The lowest BCUT2D eigenvalue weighted by Crippen LogP contribution is -2.40. The lowest BCUT2D eigenvalue weighted by molar-refractivity contribution is -0.124. The zero-order valence-corrected chi connectivity index (χ0v) is 11.3. The van der Waals surface area contributed by atoms with Crippen LogP contribution in [0.5, 0.6) is 5.75 Å². The quantitative estimate of drug-likeness (QED) is 0.779. The number of rotatable bonds is 1. The van der Waals surface area contributed by atoms with Crippen molar-refractivity contribution < 1.29 is 13.9 Å². The van der Waals surface area contributed by atoms with Gasteiger partial charge in [-0.05, 0) is 12.8 Å². The molecule has 0 N–H and O–H groups in total. The summed E-state index contributed by atoms with van der Waals surface area (Å²) in [5, 5.41) is 0. The second-order valence-electron chi connectivity index (χ2n) is 5.51. The number of hydrogen-bond donors (Lipinski definition) is 0. The summed E-state index contributed by atoms with van der Waals surface area (Å²) in [6.45, 7) is 0. The Balaban J connectivity index is 2.20. The molecule has 0 unspecified atom stereocenters. The first kappa shape index (κ1) is 12.5. The minimum absolute atomic E-state index is 0.0364. The zero-order chi connectivity index (χ0) is 13.6. The molecule has 1 aromatic carbocycles. The maximum absolute atomic E-state index is 14.5. The molecule has 3 nitrogen and oxygen atoms in total. The van der Waals surface area contributed by atoms with Gasteiger partial charge in [0, 0.05) is 24.7 Å². The number of fused-ring (bicyclic) bond motifs is 2. The molecule has 1 aliphatic heterocycles. The van der Waals surface area contributed by atoms with Gasteiger partial charge < -0.3 is 9.64 Å². The molecule has 1 heterocycles. The van der Waals surface area contributed by atoms with E-state index in [4.69, 9.17) is 4.74 Å². The Morgan fingerprint density at radius 3 is 2.58 bits per heavy atom. The van der Waals surface area contributed by atoms with Gasteiger partial charge in [-0.15, -0.1) is 0 Å². The SMILES string of the molecule is COc1cc(F)c2c(c1)N(C)C(=O)C21CCCCC1. The van der Waals surface area contributed by atoms with E-state index >= 15 is 0 Å². The normalized spacial score (nSPS) is 20.8. The number of benzene rings is 1. The van der Waals surface area contributed by atoms with E-state index < -0.39 is 5.41 Å². The third-order valence-electron chi connectivity index (χ3n) is 4.54. The Morgan fingerprint density at radius 2 is 1.95 bits per heavy atom. The number of nitrogens with zero attached hydrogens (tertiary/aromatic N) is 1. The summed E-state index contributed by atoms with van der Waals surface area (Å²) in [6, 6.07) is 3.15. The molecule has 19 heavy (non-hydrogen) atoms. The predicted molar refractivity (Wildman–Crippen MR) is 71.1 cm³/mol. The van der Waals surface area contributed by atoms with Crippen LogP contribution in [0.15, 0.2) is 12.1 Å². The maximum Gasteiger partial charge on any atom is 0.237 e. The molecule has 0 radical (unpaired) electrons. The number of amides is 1. The fourth-order valence-electron chi connectivity index (χ4n) is 3.58. The minimum Gasteiger partial charge on any atom is -0.497 e. The van der Waals surface area contributed by atoms with E-state index in [2.05, 4.69) is 0 Å². The van der Waals surface area contributed by atoms with Gasteiger partial charge in [0.15, 0.2) is 0 Å². The van der Waals surface area contributed by atoms with Gasteiger partial charge in [-0.1, -0.05) is 19.3 Å². The van der Waals surface area contributed by atoms with Crippen LogP contribution in [0.4, 0.5) is 10.1 Å². The van der Waals surface area contributed by atoms with Crippen molar-refractivity contribution in [2.24, 2.45) is 0 Å². The highest BCUT2D eigenvalue weighted by Gasteiger charge is 2.51. The summed E-state index contributed by atoms with van der Waals surface area (Å²) in [4.78, 5) is 14.2. The molecule has 102 valence electrons. The van der Waals surface area contributed by atoms with Crippen molar-refractivity contribution in [2.45, 2.75) is 37.5 Å². The lowest BCUT2D eigenvalue weighted by atomic mass is 9.70. The molecule has 1 aliphatic carbocycles. The Kier molecular flexibility index (Phi) is 2.77. The summed E-state index contributed by atoms with van der Waals surface area (Å²) in [5.41, 5.74) is 0.628. The van der Waals surface area contributed by atoms with Crippen molar-refractivity contribution in [2.75, 3.05) is 19.1 Å². The molecular weight excluding hydrogens is 245 g/mol. The van der Waals surface area contributed by atoms with Crippen LogP contribution in [-0.2, 0) is 10.2 Å². The average molecular weight is 263 g/mol. The smallest absolute Gasteiger partial charge is 0.237 e. The molecule has 0 atom stereocenters. The van der Waals surface area contributed by atoms with Gasteiger partial charge >= 0.3 is 0 Å². The van der Waals surface area contributed by atoms with Crippen LogP contribution in [0.3, 0.4) is 0 Å². The Bertz CT molecular complexity index is 535. The third-order valence-corrected chi connectivity index (χ3v) is 4.54. The van der Waals surface area contributed by atoms with Crippen molar-refractivity contribution in [3.05, 3.63) is 23.5 Å². The summed E-state index contributed by atoms with van der Waals surface area (Å²) < 4.78 is 19.6. The van der Waals surface area contributed by atoms with Gasteiger partial charge in [-0.2, -0.15) is 0 Å². The number of carbonyl (C=O) groups is 1. The van der Waals surface area contributed by atoms with Gasteiger partial charge in [-0.25, -0.2) is 4.39 Å². The molecule has 1 aromatic rings. The van der Waals surface area contributed by atoms with Gasteiger partial charge in [-0.3, -0.25) is 4.79 Å². The monoisotopic (exact) mass is 263 g/mol. The van der Waals surface area contributed by atoms with Crippen molar-refractivity contribution in [3.8, 4) is 5.75 Å². The fraction of sp³-hybridized carbons (Fsp3) is 0.533. The van der Waals surface area contributed by atoms with Gasteiger partial charge in [0.1, 0.15) is 11.6 Å². The molecule has 2 aliphatic rings. The largest absolute Gasteiger partial charge is 0.497 e. The van der Waals surface area contributed by atoms with Crippen molar-refractivity contribution in [1.29, 1.82) is 0 Å². The van der Waals surface area contributed by atoms with Crippen LogP contribution < -0.4 is 9.64 Å².